The van der Waals surface area contributed by atoms with Gasteiger partial charge in [0.1, 0.15) is 5.54 Å². The Bertz CT molecular complexity index is 323. The zero-order chi connectivity index (χ0) is 11.9. The second-order valence-corrected chi connectivity index (χ2v) is 5.05. The molecule has 0 aromatic heterocycles. The van der Waals surface area contributed by atoms with Crippen LogP contribution in [0.1, 0.15) is 40.0 Å². The number of carbonyl (C=O) groups excluding carboxylic acids is 2. The van der Waals surface area contributed by atoms with Crippen LogP contribution < -0.4 is 5.32 Å². The summed E-state index contributed by atoms with van der Waals surface area (Å²) in [4.78, 5) is 25.9. The average Bonchev–Trinajstić information content (AvgIpc) is 2.98. The molecule has 2 atom stereocenters. The lowest BCUT2D eigenvalue weighted by Gasteiger charge is -2.41. The highest BCUT2D eigenvalue weighted by Gasteiger charge is 2.50. The fraction of sp³-hybridized carbons (Fsp3) is 0.833. The van der Waals surface area contributed by atoms with Gasteiger partial charge in [-0.2, -0.15) is 0 Å². The first-order chi connectivity index (χ1) is 7.54. The Morgan fingerprint density at radius 3 is 2.38 bits per heavy atom. The average molecular weight is 224 g/mol. The molecular formula is C12H20N2O2. The molecular weight excluding hydrogens is 204 g/mol. The predicted octanol–water partition coefficient (Wildman–Crippen LogP) is 0.912. The minimum absolute atomic E-state index is 0.0117. The van der Waals surface area contributed by atoms with E-state index in [9.17, 15) is 9.59 Å². The van der Waals surface area contributed by atoms with Gasteiger partial charge in [-0.3, -0.25) is 9.59 Å². The van der Waals surface area contributed by atoms with Crippen molar-refractivity contribution in [3.05, 3.63) is 0 Å². The second-order valence-electron chi connectivity index (χ2n) is 5.05. The molecule has 4 nitrogen and oxygen atoms in total. The van der Waals surface area contributed by atoms with Crippen molar-refractivity contribution in [2.24, 2.45) is 5.92 Å². The van der Waals surface area contributed by atoms with E-state index in [1.54, 1.807) is 4.90 Å². The molecule has 0 aromatic carbocycles. The molecule has 1 aliphatic carbocycles. The number of rotatable bonds is 3. The molecule has 1 saturated carbocycles. The Balaban J connectivity index is 2.22. The number of amides is 2. The summed E-state index contributed by atoms with van der Waals surface area (Å²) < 4.78 is 0. The van der Waals surface area contributed by atoms with Crippen molar-refractivity contribution < 1.29 is 9.59 Å². The highest BCUT2D eigenvalue weighted by Crippen LogP contribution is 2.38. The summed E-state index contributed by atoms with van der Waals surface area (Å²) >= 11 is 0. The summed E-state index contributed by atoms with van der Waals surface area (Å²) in [5.41, 5.74) is -0.641. The molecule has 0 aromatic rings. The number of hydrogen-bond donors (Lipinski definition) is 1. The molecule has 0 radical (unpaired) electrons. The van der Waals surface area contributed by atoms with Crippen molar-refractivity contribution in [3.8, 4) is 0 Å². The van der Waals surface area contributed by atoms with Gasteiger partial charge in [0, 0.05) is 6.04 Å². The normalized spacial score (nSPS) is 32.6. The standard InChI is InChI=1S/C12H20N2O2/c1-4-12(5-2)11(16)14(7-10(15)13-12)9-6-8(9)3/h8-9H,4-7H2,1-3H3,(H,13,15). The van der Waals surface area contributed by atoms with Gasteiger partial charge in [0.25, 0.3) is 0 Å². The quantitative estimate of drug-likeness (QED) is 0.774. The van der Waals surface area contributed by atoms with E-state index in [0.29, 0.717) is 24.8 Å². The highest BCUT2D eigenvalue weighted by molar-refractivity contribution is 5.98. The van der Waals surface area contributed by atoms with Crippen LogP contribution in [-0.2, 0) is 9.59 Å². The first kappa shape index (κ1) is 11.4. The van der Waals surface area contributed by atoms with Crippen LogP contribution in [-0.4, -0.2) is 34.8 Å². The molecule has 2 unspecified atom stereocenters. The fourth-order valence-corrected chi connectivity index (χ4v) is 2.60. The topological polar surface area (TPSA) is 49.4 Å². The molecule has 1 aliphatic heterocycles. The Hall–Kier alpha value is -1.06. The van der Waals surface area contributed by atoms with Crippen LogP contribution >= 0.6 is 0 Å². The maximum Gasteiger partial charge on any atom is 0.249 e. The molecule has 1 N–H and O–H groups in total. The summed E-state index contributed by atoms with van der Waals surface area (Å²) in [7, 11) is 0. The maximum atomic E-state index is 12.4. The lowest BCUT2D eigenvalue weighted by molar-refractivity contribution is -0.151. The third-order valence-corrected chi connectivity index (χ3v) is 4.04. The monoisotopic (exact) mass is 224 g/mol. The minimum Gasteiger partial charge on any atom is -0.340 e. The largest absolute Gasteiger partial charge is 0.340 e. The molecule has 1 saturated heterocycles. The van der Waals surface area contributed by atoms with Gasteiger partial charge < -0.3 is 10.2 Å². The summed E-state index contributed by atoms with van der Waals surface area (Å²) in [6.45, 7) is 6.29. The van der Waals surface area contributed by atoms with Crippen molar-refractivity contribution in [2.45, 2.75) is 51.6 Å². The fourth-order valence-electron chi connectivity index (χ4n) is 2.60. The van der Waals surface area contributed by atoms with E-state index in [1.165, 1.54) is 0 Å². The van der Waals surface area contributed by atoms with Crippen molar-refractivity contribution in [2.75, 3.05) is 6.54 Å². The van der Waals surface area contributed by atoms with Crippen molar-refractivity contribution >= 4 is 11.8 Å². The molecule has 16 heavy (non-hydrogen) atoms. The first-order valence-corrected chi connectivity index (χ1v) is 6.16. The van der Waals surface area contributed by atoms with Gasteiger partial charge in [0.15, 0.2) is 0 Å². The molecule has 0 spiro atoms. The smallest absolute Gasteiger partial charge is 0.249 e. The van der Waals surface area contributed by atoms with E-state index in [0.717, 1.165) is 6.42 Å². The summed E-state index contributed by atoms with van der Waals surface area (Å²) in [5, 5.41) is 2.88. The minimum atomic E-state index is -0.641. The summed E-state index contributed by atoms with van der Waals surface area (Å²) in [5.74, 6) is 0.662. The van der Waals surface area contributed by atoms with Crippen LogP contribution in [0.25, 0.3) is 0 Å². The first-order valence-electron chi connectivity index (χ1n) is 6.16. The van der Waals surface area contributed by atoms with Crippen molar-refractivity contribution in [3.63, 3.8) is 0 Å². The van der Waals surface area contributed by atoms with Crippen LogP contribution in [0.4, 0.5) is 0 Å². The molecule has 2 amide bonds. The maximum absolute atomic E-state index is 12.4. The summed E-state index contributed by atoms with van der Waals surface area (Å²) in [6.07, 6.45) is 2.39. The SMILES string of the molecule is CCC1(CC)NC(=O)CN(C2CC2C)C1=O. The Morgan fingerprint density at radius 2 is 1.94 bits per heavy atom. The number of piperazine rings is 1. The van der Waals surface area contributed by atoms with E-state index in [1.807, 2.05) is 13.8 Å². The number of carbonyl (C=O) groups is 2. The second kappa shape index (κ2) is 3.75. The van der Waals surface area contributed by atoms with Gasteiger partial charge >= 0.3 is 0 Å². The van der Waals surface area contributed by atoms with E-state index in [-0.39, 0.29) is 18.4 Å². The van der Waals surface area contributed by atoms with E-state index in [2.05, 4.69) is 12.2 Å². The Kier molecular flexibility index (Phi) is 2.68. The molecule has 1 heterocycles. The van der Waals surface area contributed by atoms with Gasteiger partial charge in [-0.05, 0) is 25.2 Å². The van der Waals surface area contributed by atoms with Crippen LogP contribution in [0.2, 0.25) is 0 Å². The van der Waals surface area contributed by atoms with Gasteiger partial charge in [-0.1, -0.05) is 20.8 Å². The molecule has 2 fully saturated rings. The van der Waals surface area contributed by atoms with Gasteiger partial charge in [0.05, 0.1) is 6.54 Å². The lowest BCUT2D eigenvalue weighted by Crippen LogP contribution is -2.66. The van der Waals surface area contributed by atoms with Crippen LogP contribution in [0, 0.1) is 5.92 Å². The van der Waals surface area contributed by atoms with E-state index < -0.39 is 5.54 Å². The lowest BCUT2D eigenvalue weighted by atomic mass is 9.89. The zero-order valence-corrected chi connectivity index (χ0v) is 10.2. The molecule has 2 aliphatic rings. The van der Waals surface area contributed by atoms with Crippen molar-refractivity contribution in [1.29, 1.82) is 0 Å². The molecule has 90 valence electrons. The predicted molar refractivity (Wildman–Crippen MR) is 60.7 cm³/mol. The zero-order valence-electron chi connectivity index (χ0n) is 10.2. The number of hydrogen-bond acceptors (Lipinski definition) is 2. The van der Waals surface area contributed by atoms with Gasteiger partial charge in [-0.15, -0.1) is 0 Å². The third-order valence-electron chi connectivity index (χ3n) is 4.04. The number of nitrogens with one attached hydrogen (secondary N) is 1. The summed E-state index contributed by atoms with van der Waals surface area (Å²) in [6, 6.07) is 0.302. The van der Waals surface area contributed by atoms with Crippen LogP contribution in [0.5, 0.6) is 0 Å². The van der Waals surface area contributed by atoms with Gasteiger partial charge in [0.2, 0.25) is 11.8 Å². The molecule has 2 rings (SSSR count). The van der Waals surface area contributed by atoms with Gasteiger partial charge in [-0.25, -0.2) is 0 Å². The third kappa shape index (κ3) is 1.60. The van der Waals surface area contributed by atoms with E-state index >= 15 is 0 Å². The molecule has 4 heteroatoms. The number of nitrogens with zero attached hydrogens (tertiary/aromatic N) is 1. The Labute approximate surface area is 96.4 Å². The Morgan fingerprint density at radius 1 is 1.38 bits per heavy atom. The molecule has 0 bridgehead atoms. The highest BCUT2D eigenvalue weighted by atomic mass is 16.2. The van der Waals surface area contributed by atoms with Crippen molar-refractivity contribution in [1.82, 2.24) is 10.2 Å². The van der Waals surface area contributed by atoms with E-state index in [4.69, 9.17) is 0 Å². The van der Waals surface area contributed by atoms with Crippen LogP contribution in [0.3, 0.4) is 0 Å². The van der Waals surface area contributed by atoms with Crippen LogP contribution in [0.15, 0.2) is 0 Å².